The highest BCUT2D eigenvalue weighted by Crippen LogP contribution is 2.48. The van der Waals surface area contributed by atoms with Gasteiger partial charge in [0.15, 0.2) is 0 Å². The van der Waals surface area contributed by atoms with Crippen molar-refractivity contribution in [1.29, 1.82) is 0 Å². The van der Waals surface area contributed by atoms with Gasteiger partial charge in [-0.1, -0.05) is 41.9 Å². The smallest absolute Gasteiger partial charge is 0.0792 e. The molecule has 2 rings (SSSR count). The minimum atomic E-state index is 0.318. The molecule has 0 aromatic rings. The molecule has 2 saturated carbocycles. The lowest BCUT2D eigenvalue weighted by Gasteiger charge is -2.46. The molecule has 1 unspecified atom stereocenters. The predicted molar refractivity (Wildman–Crippen MR) is 82.9 cm³/mol. The van der Waals surface area contributed by atoms with Gasteiger partial charge >= 0.3 is 0 Å². The average Bonchev–Trinajstić information content (AvgIpc) is 2.25. The van der Waals surface area contributed by atoms with Gasteiger partial charge in [0.1, 0.15) is 0 Å². The van der Waals surface area contributed by atoms with Gasteiger partial charge in [-0.25, -0.2) is 0 Å². The van der Waals surface area contributed by atoms with Crippen molar-refractivity contribution in [3.63, 3.8) is 0 Å². The molecule has 2 fully saturated rings. The van der Waals surface area contributed by atoms with Crippen molar-refractivity contribution in [2.24, 2.45) is 17.8 Å². The Kier molecular flexibility index (Phi) is 6.45. The molecule has 0 amide bonds. The van der Waals surface area contributed by atoms with Gasteiger partial charge in [0.25, 0.3) is 0 Å². The third-order valence-electron chi connectivity index (χ3n) is 4.50. The zero-order valence-corrected chi connectivity index (χ0v) is 13.5. The van der Waals surface area contributed by atoms with E-state index in [0.717, 1.165) is 37.6 Å². The second kappa shape index (κ2) is 7.85. The van der Waals surface area contributed by atoms with Crippen LogP contribution in [-0.2, 0) is 9.47 Å². The molecular weight excluding hydrogens is 339 g/mol. The monoisotopic (exact) mass is 364 g/mol. The van der Waals surface area contributed by atoms with Gasteiger partial charge in [0, 0.05) is 6.61 Å². The summed E-state index contributed by atoms with van der Waals surface area (Å²) in [6.45, 7) is 4.26. The maximum atomic E-state index is 5.95. The fourth-order valence-electron chi connectivity index (χ4n) is 3.08. The van der Waals surface area contributed by atoms with Gasteiger partial charge in [-0.3, -0.25) is 0 Å². The Morgan fingerprint density at radius 1 is 1.22 bits per heavy atom. The molecule has 0 spiro atoms. The summed E-state index contributed by atoms with van der Waals surface area (Å²) in [5.41, 5.74) is 0. The number of hydrogen-bond acceptors (Lipinski definition) is 2. The van der Waals surface area contributed by atoms with Crippen molar-refractivity contribution in [1.82, 2.24) is 0 Å². The number of rotatable bonds is 8. The molecule has 0 aromatic heterocycles. The number of ether oxygens (including phenoxy) is 2. The van der Waals surface area contributed by atoms with E-state index in [2.05, 4.69) is 32.7 Å². The molecule has 104 valence electrons. The fraction of sp³-hybridized carbons (Fsp3) is 0.867. The summed E-state index contributed by atoms with van der Waals surface area (Å²) >= 11 is 2.29. The first-order valence-electron chi connectivity index (χ1n) is 7.31. The Hall–Kier alpha value is 0.390. The van der Waals surface area contributed by atoms with Gasteiger partial charge in [-0.05, 0) is 47.7 Å². The maximum absolute atomic E-state index is 5.95. The van der Waals surface area contributed by atoms with E-state index < -0.39 is 0 Å². The van der Waals surface area contributed by atoms with Gasteiger partial charge in [-0.15, -0.1) is 0 Å². The van der Waals surface area contributed by atoms with Crippen LogP contribution in [0, 0.1) is 17.8 Å². The van der Waals surface area contributed by atoms with E-state index in [0.29, 0.717) is 6.10 Å². The third-order valence-corrected chi connectivity index (χ3v) is 4.91. The van der Waals surface area contributed by atoms with Crippen molar-refractivity contribution in [2.45, 2.75) is 45.1 Å². The lowest BCUT2D eigenvalue weighted by Crippen LogP contribution is -2.40. The molecule has 0 radical (unpaired) electrons. The van der Waals surface area contributed by atoms with Crippen LogP contribution in [0.25, 0.3) is 0 Å². The van der Waals surface area contributed by atoms with Crippen LogP contribution in [-0.4, -0.2) is 25.9 Å². The average molecular weight is 364 g/mol. The highest BCUT2D eigenvalue weighted by Gasteiger charge is 2.40. The van der Waals surface area contributed by atoms with Crippen LogP contribution in [0.2, 0.25) is 0 Å². The van der Waals surface area contributed by atoms with Crippen LogP contribution in [0.3, 0.4) is 0 Å². The molecule has 2 aliphatic carbocycles. The molecule has 0 bridgehead atoms. The van der Waals surface area contributed by atoms with E-state index in [1.165, 1.54) is 32.1 Å². The van der Waals surface area contributed by atoms with Crippen LogP contribution < -0.4 is 0 Å². The summed E-state index contributed by atoms with van der Waals surface area (Å²) in [7, 11) is 0. The second-order valence-electron chi connectivity index (χ2n) is 5.53. The molecule has 0 aliphatic heterocycles. The molecule has 0 aromatic carbocycles. The van der Waals surface area contributed by atoms with Crippen LogP contribution in [0.1, 0.15) is 39.0 Å². The van der Waals surface area contributed by atoms with Crippen molar-refractivity contribution in [3.8, 4) is 0 Å². The molecular formula is C15H25IO2. The second-order valence-corrected chi connectivity index (χ2v) is 6.25. The fourth-order valence-corrected chi connectivity index (χ4v) is 3.49. The molecule has 0 saturated heterocycles. The Balaban J connectivity index is 1.66. The molecule has 1 atom stereocenters. The SMILES string of the molecule is CCOCCOC(C=CI)C1CC(C2CCC2)C1. The van der Waals surface area contributed by atoms with Crippen LogP contribution in [0.4, 0.5) is 0 Å². The summed E-state index contributed by atoms with van der Waals surface area (Å²) in [4.78, 5) is 0. The standard InChI is InChI=1S/C15H25IO2/c1-2-17-8-9-18-15(6-7-16)14-10-13(11-14)12-4-3-5-12/h6-7,12-15H,2-5,8-11H2,1H3. The lowest BCUT2D eigenvalue weighted by molar-refractivity contribution is -0.0456. The van der Waals surface area contributed by atoms with Crippen LogP contribution in [0.15, 0.2) is 10.2 Å². The van der Waals surface area contributed by atoms with E-state index >= 15 is 0 Å². The van der Waals surface area contributed by atoms with Crippen molar-refractivity contribution >= 4 is 22.6 Å². The van der Waals surface area contributed by atoms with Crippen molar-refractivity contribution in [2.75, 3.05) is 19.8 Å². The van der Waals surface area contributed by atoms with E-state index in [-0.39, 0.29) is 0 Å². The Morgan fingerprint density at radius 2 is 2.00 bits per heavy atom. The third kappa shape index (κ3) is 3.94. The van der Waals surface area contributed by atoms with E-state index in [9.17, 15) is 0 Å². The first-order valence-corrected chi connectivity index (χ1v) is 8.56. The van der Waals surface area contributed by atoms with Gasteiger partial charge < -0.3 is 9.47 Å². The molecule has 0 heterocycles. The quantitative estimate of drug-likeness (QED) is 0.475. The highest BCUT2D eigenvalue weighted by atomic mass is 127. The largest absolute Gasteiger partial charge is 0.379 e. The zero-order valence-electron chi connectivity index (χ0n) is 11.3. The van der Waals surface area contributed by atoms with Crippen molar-refractivity contribution < 1.29 is 9.47 Å². The van der Waals surface area contributed by atoms with E-state index in [1.807, 2.05) is 6.92 Å². The van der Waals surface area contributed by atoms with Crippen molar-refractivity contribution in [3.05, 3.63) is 10.2 Å². The van der Waals surface area contributed by atoms with Gasteiger partial charge in [0.05, 0.1) is 19.3 Å². The van der Waals surface area contributed by atoms with E-state index in [1.54, 1.807) is 0 Å². The molecule has 2 nitrogen and oxygen atoms in total. The lowest BCUT2D eigenvalue weighted by atomic mass is 9.61. The first-order chi connectivity index (χ1) is 8.85. The summed E-state index contributed by atoms with van der Waals surface area (Å²) in [6, 6.07) is 0. The first kappa shape index (κ1) is 14.8. The number of halogens is 1. The Labute approximate surface area is 125 Å². The minimum Gasteiger partial charge on any atom is -0.379 e. The topological polar surface area (TPSA) is 18.5 Å². The predicted octanol–water partition coefficient (Wildman–Crippen LogP) is 4.18. The van der Waals surface area contributed by atoms with Crippen LogP contribution in [0.5, 0.6) is 0 Å². The molecule has 0 N–H and O–H groups in total. The normalized spacial score (nSPS) is 30.1. The highest BCUT2D eigenvalue weighted by molar-refractivity contribution is 14.1. The summed E-state index contributed by atoms with van der Waals surface area (Å²) in [5.74, 6) is 2.81. The summed E-state index contributed by atoms with van der Waals surface area (Å²) in [5, 5.41) is 0. The Bertz CT molecular complexity index is 257. The molecule has 3 heteroatoms. The summed E-state index contributed by atoms with van der Waals surface area (Å²) < 4.78 is 13.4. The van der Waals surface area contributed by atoms with E-state index in [4.69, 9.17) is 9.47 Å². The Morgan fingerprint density at radius 3 is 2.56 bits per heavy atom. The van der Waals surface area contributed by atoms with Gasteiger partial charge in [-0.2, -0.15) is 0 Å². The molecule has 18 heavy (non-hydrogen) atoms. The number of hydrogen-bond donors (Lipinski definition) is 0. The molecule has 2 aliphatic rings. The summed E-state index contributed by atoms with van der Waals surface area (Å²) in [6.07, 6.45) is 9.72. The van der Waals surface area contributed by atoms with Crippen LogP contribution >= 0.6 is 22.6 Å². The zero-order chi connectivity index (χ0) is 12.8. The van der Waals surface area contributed by atoms with Gasteiger partial charge in [0.2, 0.25) is 0 Å². The maximum Gasteiger partial charge on any atom is 0.0792 e. The minimum absolute atomic E-state index is 0.318.